The molecule has 2 heterocycles. The van der Waals surface area contributed by atoms with Crippen LogP contribution in [0, 0.1) is 13.8 Å². The molecule has 0 amide bonds. The summed E-state index contributed by atoms with van der Waals surface area (Å²) < 4.78 is 27.4. The average molecular weight is 303 g/mol. The number of hydrogen-bond acceptors (Lipinski definition) is 5. The van der Waals surface area contributed by atoms with Crippen LogP contribution < -0.4 is 4.72 Å². The lowest BCUT2D eigenvalue weighted by Crippen LogP contribution is -2.14. The second-order valence-electron chi connectivity index (χ2n) is 4.63. The van der Waals surface area contributed by atoms with Crippen molar-refractivity contribution < 1.29 is 8.42 Å². The zero-order valence-corrected chi connectivity index (χ0v) is 12.3. The van der Waals surface area contributed by atoms with Crippen LogP contribution in [0.3, 0.4) is 0 Å². The van der Waals surface area contributed by atoms with Gasteiger partial charge in [0.15, 0.2) is 0 Å². The zero-order valence-electron chi connectivity index (χ0n) is 11.5. The van der Waals surface area contributed by atoms with Gasteiger partial charge in [-0.05, 0) is 37.6 Å². The van der Waals surface area contributed by atoms with Gasteiger partial charge in [0, 0.05) is 11.6 Å². The van der Waals surface area contributed by atoms with Gasteiger partial charge in [-0.1, -0.05) is 6.07 Å². The Morgan fingerprint density at radius 1 is 1.19 bits per heavy atom. The first-order valence-electron chi connectivity index (χ1n) is 6.23. The highest BCUT2D eigenvalue weighted by Gasteiger charge is 2.20. The van der Waals surface area contributed by atoms with Gasteiger partial charge in [0.05, 0.1) is 10.4 Å². The number of pyridine rings is 1. The molecule has 2 N–H and O–H groups in total. The quantitative estimate of drug-likeness (QED) is 0.768. The largest absolute Gasteiger partial charge is 0.264 e. The van der Waals surface area contributed by atoms with Crippen molar-refractivity contribution >= 4 is 26.9 Å². The summed E-state index contributed by atoms with van der Waals surface area (Å²) in [5.41, 5.74) is 1.57. The Hall–Kier alpha value is -2.48. The van der Waals surface area contributed by atoms with Crippen molar-refractivity contribution in [3.8, 4) is 0 Å². The third kappa shape index (κ3) is 2.45. The Morgan fingerprint density at radius 2 is 2.00 bits per heavy atom. The highest BCUT2D eigenvalue weighted by molar-refractivity contribution is 7.93. The van der Waals surface area contributed by atoms with E-state index in [1.54, 1.807) is 37.4 Å². The number of aromatic nitrogens is 4. The van der Waals surface area contributed by atoms with Crippen LogP contribution in [-0.4, -0.2) is 28.6 Å². The fourth-order valence-electron chi connectivity index (χ4n) is 2.09. The van der Waals surface area contributed by atoms with Gasteiger partial charge >= 0.3 is 0 Å². The summed E-state index contributed by atoms with van der Waals surface area (Å²) in [7, 11) is -3.78. The summed E-state index contributed by atoms with van der Waals surface area (Å²) in [4.78, 5) is 8.33. The Bertz CT molecular complexity index is 917. The molecule has 0 aliphatic rings. The highest BCUT2D eigenvalue weighted by Crippen LogP contribution is 2.25. The van der Waals surface area contributed by atoms with Crippen LogP contribution in [0.1, 0.15) is 11.4 Å². The fraction of sp³-hybridized carbons (Fsp3) is 0.154. The first-order chi connectivity index (χ1) is 9.97. The van der Waals surface area contributed by atoms with E-state index in [9.17, 15) is 8.42 Å². The molecule has 0 aliphatic carbocycles. The van der Waals surface area contributed by atoms with Crippen molar-refractivity contribution in [2.75, 3.05) is 4.72 Å². The zero-order chi connectivity index (χ0) is 15.0. The molecule has 0 saturated carbocycles. The molecule has 0 saturated heterocycles. The van der Waals surface area contributed by atoms with Crippen LogP contribution >= 0.6 is 0 Å². The molecule has 0 atom stereocenters. The Morgan fingerprint density at radius 3 is 2.71 bits per heavy atom. The van der Waals surface area contributed by atoms with E-state index in [0.29, 0.717) is 16.7 Å². The van der Waals surface area contributed by atoms with E-state index < -0.39 is 10.0 Å². The molecule has 8 heteroatoms. The Labute approximate surface area is 121 Å². The highest BCUT2D eigenvalue weighted by atomic mass is 32.2. The fourth-order valence-corrected chi connectivity index (χ4v) is 3.23. The molecule has 0 unspecified atom stereocenters. The maximum absolute atomic E-state index is 12.5. The molecule has 108 valence electrons. The Balaban J connectivity index is 2.13. The number of benzene rings is 1. The maximum atomic E-state index is 12.5. The van der Waals surface area contributed by atoms with E-state index in [-0.39, 0.29) is 10.8 Å². The summed E-state index contributed by atoms with van der Waals surface area (Å²) in [5, 5.41) is 6.94. The third-order valence-electron chi connectivity index (χ3n) is 3.04. The normalized spacial score (nSPS) is 11.7. The number of nitrogens with one attached hydrogen (secondary N) is 2. The molecule has 2 aromatic heterocycles. The number of hydrogen-bond donors (Lipinski definition) is 2. The number of H-pyrrole nitrogens is 1. The van der Waals surface area contributed by atoms with Crippen LogP contribution in [0.25, 0.3) is 10.9 Å². The van der Waals surface area contributed by atoms with Gasteiger partial charge in [-0.15, -0.1) is 5.10 Å². The predicted octanol–water partition coefficient (Wildman–Crippen LogP) is 1.77. The minimum atomic E-state index is -3.78. The molecule has 0 radical (unpaired) electrons. The number of rotatable bonds is 3. The summed E-state index contributed by atoms with van der Waals surface area (Å²) in [6.45, 7) is 3.58. The van der Waals surface area contributed by atoms with E-state index in [1.807, 2.05) is 6.92 Å². The number of aromatic amines is 1. The van der Waals surface area contributed by atoms with Crippen molar-refractivity contribution in [1.29, 1.82) is 0 Å². The van der Waals surface area contributed by atoms with Crippen LogP contribution in [0.4, 0.5) is 5.95 Å². The third-order valence-corrected chi connectivity index (χ3v) is 4.43. The van der Waals surface area contributed by atoms with Crippen molar-refractivity contribution in [3.05, 3.63) is 41.9 Å². The van der Waals surface area contributed by atoms with E-state index in [4.69, 9.17) is 0 Å². The van der Waals surface area contributed by atoms with E-state index in [1.165, 1.54) is 0 Å². The van der Waals surface area contributed by atoms with Gasteiger partial charge in [0.25, 0.3) is 16.0 Å². The second kappa shape index (κ2) is 4.81. The number of nitrogens with zero attached hydrogens (tertiary/aromatic N) is 3. The summed E-state index contributed by atoms with van der Waals surface area (Å²) in [6, 6.07) is 6.72. The maximum Gasteiger partial charge on any atom is 0.264 e. The van der Waals surface area contributed by atoms with Crippen molar-refractivity contribution in [2.24, 2.45) is 0 Å². The van der Waals surface area contributed by atoms with Crippen molar-refractivity contribution in [3.63, 3.8) is 0 Å². The van der Waals surface area contributed by atoms with Gasteiger partial charge < -0.3 is 0 Å². The second-order valence-corrected chi connectivity index (χ2v) is 6.28. The standard InChI is InChI=1S/C13H13N5O2S/c1-8-5-6-11(10-4-3-7-14-12(8)10)21(19,20)18-13-15-9(2)16-17-13/h3-7H,1-2H3,(H2,15,16,17,18). The monoisotopic (exact) mass is 303 g/mol. The topological polar surface area (TPSA) is 101 Å². The lowest BCUT2D eigenvalue weighted by atomic mass is 10.1. The number of anilines is 1. The van der Waals surface area contributed by atoms with E-state index in [0.717, 1.165) is 5.56 Å². The lowest BCUT2D eigenvalue weighted by Gasteiger charge is -2.09. The number of aryl methyl sites for hydroxylation is 2. The SMILES string of the molecule is Cc1nc(NS(=O)(=O)c2ccc(C)c3ncccc23)n[nH]1. The predicted molar refractivity (Wildman–Crippen MR) is 78.4 cm³/mol. The minimum Gasteiger partial charge on any atom is -0.261 e. The van der Waals surface area contributed by atoms with Crippen LogP contribution in [-0.2, 0) is 10.0 Å². The summed E-state index contributed by atoms with van der Waals surface area (Å²) in [5.74, 6) is 0.549. The van der Waals surface area contributed by atoms with Crippen LogP contribution in [0.2, 0.25) is 0 Å². The van der Waals surface area contributed by atoms with Crippen LogP contribution in [0.5, 0.6) is 0 Å². The molecular formula is C13H13N5O2S. The van der Waals surface area contributed by atoms with Gasteiger partial charge in [0.2, 0.25) is 0 Å². The lowest BCUT2D eigenvalue weighted by molar-refractivity contribution is 0.601. The molecule has 3 aromatic rings. The molecule has 0 bridgehead atoms. The molecule has 3 rings (SSSR count). The smallest absolute Gasteiger partial charge is 0.261 e. The van der Waals surface area contributed by atoms with E-state index >= 15 is 0 Å². The summed E-state index contributed by atoms with van der Waals surface area (Å²) in [6.07, 6.45) is 1.64. The molecule has 7 nitrogen and oxygen atoms in total. The van der Waals surface area contributed by atoms with Crippen molar-refractivity contribution in [1.82, 2.24) is 20.2 Å². The van der Waals surface area contributed by atoms with Gasteiger partial charge in [0.1, 0.15) is 5.82 Å². The average Bonchev–Trinajstić information content (AvgIpc) is 2.83. The molecular weight excluding hydrogens is 290 g/mol. The first kappa shape index (κ1) is 13.5. The summed E-state index contributed by atoms with van der Waals surface area (Å²) >= 11 is 0. The molecule has 1 aromatic carbocycles. The van der Waals surface area contributed by atoms with Gasteiger partial charge in [-0.3, -0.25) is 10.1 Å². The van der Waals surface area contributed by atoms with Crippen molar-refractivity contribution in [2.45, 2.75) is 18.7 Å². The minimum absolute atomic E-state index is 0.0186. The number of fused-ring (bicyclic) bond motifs is 1. The number of sulfonamides is 1. The van der Waals surface area contributed by atoms with Gasteiger partial charge in [-0.2, -0.15) is 4.98 Å². The molecule has 0 spiro atoms. The molecule has 21 heavy (non-hydrogen) atoms. The molecule has 0 aliphatic heterocycles. The Kier molecular flexibility index (Phi) is 3.09. The first-order valence-corrected chi connectivity index (χ1v) is 7.72. The van der Waals surface area contributed by atoms with Crippen LogP contribution in [0.15, 0.2) is 35.4 Å². The van der Waals surface area contributed by atoms with Gasteiger partial charge in [-0.25, -0.2) is 13.1 Å². The molecule has 0 fully saturated rings. The van der Waals surface area contributed by atoms with E-state index in [2.05, 4.69) is 24.9 Å².